The molecular weight excluding hydrogens is 647 g/mol. The lowest BCUT2D eigenvalue weighted by Crippen LogP contribution is -2.50. The number of hydrogen-bond donors (Lipinski definition) is 1. The van der Waals surface area contributed by atoms with Crippen molar-refractivity contribution in [3.05, 3.63) is 66.4 Å². The highest BCUT2D eigenvalue weighted by Gasteiger charge is 2.31. The van der Waals surface area contributed by atoms with Crippen molar-refractivity contribution in [3.63, 3.8) is 0 Å². The summed E-state index contributed by atoms with van der Waals surface area (Å²) >= 11 is 0. The largest absolute Gasteiger partial charge is 0.479 e. The average molecular weight is 683 g/mol. The number of halogens is 1. The van der Waals surface area contributed by atoms with Crippen molar-refractivity contribution in [3.8, 4) is 17.0 Å². The predicted molar refractivity (Wildman–Crippen MR) is 175 cm³/mol. The van der Waals surface area contributed by atoms with Crippen molar-refractivity contribution < 1.29 is 41.2 Å². The van der Waals surface area contributed by atoms with Crippen LogP contribution in [0.5, 0.6) is 5.88 Å². The van der Waals surface area contributed by atoms with E-state index in [1.165, 1.54) is 31.8 Å². The third-order valence-electron chi connectivity index (χ3n) is 7.33. The highest BCUT2D eigenvalue weighted by molar-refractivity contribution is 7.87. The molecule has 14 nitrogen and oxygen atoms in total. The Morgan fingerprint density at radius 2 is 1.71 bits per heavy atom. The highest BCUT2D eigenvalue weighted by atomic mass is 32.2. The fraction of sp³-hybridized carbons (Fsp3) is 0.344. The van der Waals surface area contributed by atoms with E-state index in [1.807, 2.05) is 31.7 Å². The predicted octanol–water partition coefficient (Wildman–Crippen LogP) is 5.01. The molecular formula is C32H35FN6O8S. The maximum Gasteiger partial charge on any atom is 0.410 e. The van der Waals surface area contributed by atoms with Crippen molar-refractivity contribution in [2.24, 2.45) is 0 Å². The minimum atomic E-state index is -5.15. The van der Waals surface area contributed by atoms with Gasteiger partial charge in [-0.1, -0.05) is 6.07 Å². The third kappa shape index (κ3) is 7.39. The lowest BCUT2D eigenvalue weighted by molar-refractivity contribution is 0.0240. The van der Waals surface area contributed by atoms with Crippen LogP contribution in [0.25, 0.3) is 22.0 Å². The Morgan fingerprint density at radius 3 is 2.33 bits per heavy atom. The number of esters is 1. The number of carbonyl (C=O) groups excluding carboxylic acids is 2. The summed E-state index contributed by atoms with van der Waals surface area (Å²) < 4.78 is 67.2. The first kappa shape index (κ1) is 34.3. The molecule has 16 heteroatoms. The molecule has 1 N–H and O–H groups in total. The Kier molecular flexibility index (Phi) is 9.68. The molecule has 0 bridgehead atoms. The van der Waals surface area contributed by atoms with Crippen molar-refractivity contribution in [2.45, 2.75) is 33.3 Å². The van der Waals surface area contributed by atoms with Gasteiger partial charge >= 0.3 is 22.4 Å². The maximum absolute atomic E-state index is 15.4. The van der Waals surface area contributed by atoms with E-state index in [-0.39, 0.29) is 29.8 Å². The first-order valence-electron chi connectivity index (χ1n) is 15.0. The maximum atomic E-state index is 15.4. The van der Waals surface area contributed by atoms with Crippen LogP contribution in [0.3, 0.4) is 0 Å². The molecule has 2 aromatic carbocycles. The Morgan fingerprint density at radius 1 is 0.979 bits per heavy atom. The van der Waals surface area contributed by atoms with Crippen LogP contribution in [0.15, 0.2) is 55.0 Å². The number of piperazine rings is 1. The molecule has 3 heterocycles. The molecule has 0 atom stereocenters. The number of amides is 1. The van der Waals surface area contributed by atoms with Gasteiger partial charge in [-0.3, -0.25) is 4.55 Å². The van der Waals surface area contributed by atoms with Crippen LogP contribution in [0.1, 0.15) is 38.1 Å². The molecule has 254 valence electrons. The summed E-state index contributed by atoms with van der Waals surface area (Å²) in [5, 5.41) is 0.685. The summed E-state index contributed by atoms with van der Waals surface area (Å²) in [6, 6.07) is 9.73. The second kappa shape index (κ2) is 13.6. The standard InChI is InChI=1S/C32H35FN6O8S/c1-6-46-30(40)21-8-10-26(24(33)16-21)39(48(42,43)44)27-17-22(18-34-29(27)45-5)20-7-9-25-23(15-20)28(36-19-35-25)37-11-13-38(14-12-37)31(41)47-32(2,3)4/h7-10,15-19H,6,11-14H2,1-5H3,(H,42,43,44). The summed E-state index contributed by atoms with van der Waals surface area (Å²) in [6.45, 7) is 8.93. The van der Waals surface area contributed by atoms with Gasteiger partial charge in [0.1, 0.15) is 29.3 Å². The fourth-order valence-corrected chi connectivity index (χ4v) is 5.97. The molecule has 48 heavy (non-hydrogen) atoms. The summed E-state index contributed by atoms with van der Waals surface area (Å²) in [7, 11) is -3.91. The van der Waals surface area contributed by atoms with Crippen molar-refractivity contribution in [1.29, 1.82) is 0 Å². The van der Waals surface area contributed by atoms with Crippen LogP contribution < -0.4 is 13.9 Å². The molecule has 0 aliphatic carbocycles. The van der Waals surface area contributed by atoms with Gasteiger partial charge in [0.25, 0.3) is 0 Å². The third-order valence-corrected chi connectivity index (χ3v) is 8.19. The van der Waals surface area contributed by atoms with Gasteiger partial charge in [0.2, 0.25) is 5.88 Å². The van der Waals surface area contributed by atoms with Gasteiger partial charge in [0, 0.05) is 43.3 Å². The average Bonchev–Trinajstić information content (AvgIpc) is 3.04. The van der Waals surface area contributed by atoms with Gasteiger partial charge in [-0.25, -0.2) is 33.2 Å². The molecule has 0 spiro atoms. The molecule has 2 aromatic heterocycles. The zero-order valence-electron chi connectivity index (χ0n) is 27.0. The number of benzene rings is 2. The zero-order chi connectivity index (χ0) is 34.8. The molecule has 1 saturated heterocycles. The number of rotatable bonds is 8. The lowest BCUT2D eigenvalue weighted by Gasteiger charge is -2.36. The van der Waals surface area contributed by atoms with Gasteiger partial charge in [0.15, 0.2) is 0 Å². The van der Waals surface area contributed by atoms with Gasteiger partial charge in [-0.15, -0.1) is 0 Å². The fourth-order valence-electron chi connectivity index (χ4n) is 5.19. The van der Waals surface area contributed by atoms with Crippen molar-refractivity contribution >= 4 is 50.5 Å². The number of pyridine rings is 1. The van der Waals surface area contributed by atoms with Crippen LogP contribution in [0.2, 0.25) is 0 Å². The van der Waals surface area contributed by atoms with Gasteiger partial charge in [-0.05, 0) is 69.7 Å². The molecule has 1 aliphatic heterocycles. The van der Waals surface area contributed by atoms with Crippen LogP contribution in [0.4, 0.5) is 26.4 Å². The van der Waals surface area contributed by atoms with E-state index >= 15 is 4.39 Å². The number of ether oxygens (including phenoxy) is 3. The Hall–Kier alpha value is -5.09. The quantitative estimate of drug-likeness (QED) is 0.195. The summed E-state index contributed by atoms with van der Waals surface area (Å²) in [6.07, 6.45) is 2.51. The molecule has 0 unspecified atom stereocenters. The Labute approximate surface area is 276 Å². The van der Waals surface area contributed by atoms with E-state index in [4.69, 9.17) is 14.2 Å². The van der Waals surface area contributed by atoms with Gasteiger partial charge in [-0.2, -0.15) is 8.42 Å². The van der Waals surface area contributed by atoms with E-state index in [0.29, 0.717) is 58.3 Å². The van der Waals surface area contributed by atoms with E-state index in [2.05, 4.69) is 15.0 Å². The first-order valence-corrected chi connectivity index (χ1v) is 16.4. The monoisotopic (exact) mass is 682 g/mol. The lowest BCUT2D eigenvalue weighted by atomic mass is 10.0. The molecule has 0 radical (unpaired) electrons. The van der Waals surface area contributed by atoms with Crippen LogP contribution in [-0.4, -0.2) is 90.4 Å². The molecule has 5 rings (SSSR count). The smallest absolute Gasteiger partial charge is 0.410 e. The molecule has 1 aliphatic rings. The second-order valence-corrected chi connectivity index (χ2v) is 13.0. The molecule has 1 amide bonds. The number of aromatic nitrogens is 3. The van der Waals surface area contributed by atoms with E-state index < -0.39 is 33.4 Å². The minimum Gasteiger partial charge on any atom is -0.479 e. The summed E-state index contributed by atoms with van der Waals surface area (Å²) in [5.41, 5.74) is -0.00257. The Balaban J connectivity index is 1.51. The van der Waals surface area contributed by atoms with E-state index in [1.54, 1.807) is 24.0 Å². The van der Waals surface area contributed by atoms with E-state index in [0.717, 1.165) is 12.1 Å². The number of anilines is 3. The Bertz CT molecular complexity index is 1960. The first-order chi connectivity index (χ1) is 22.7. The van der Waals surface area contributed by atoms with E-state index in [9.17, 15) is 22.6 Å². The number of methoxy groups -OCH3 is 1. The second-order valence-electron chi connectivity index (χ2n) is 11.8. The van der Waals surface area contributed by atoms with Crippen molar-refractivity contribution in [1.82, 2.24) is 19.9 Å². The number of nitrogens with zero attached hydrogens (tertiary/aromatic N) is 6. The SMILES string of the molecule is CCOC(=O)c1ccc(N(c2cc(-c3ccc4ncnc(N5CCN(C(=O)OC(C)(C)C)CC5)c4c3)cnc2OC)S(=O)(=O)O)c(F)c1. The number of carbonyl (C=O) groups is 2. The summed E-state index contributed by atoms with van der Waals surface area (Å²) in [4.78, 5) is 41.5. The molecule has 4 aromatic rings. The number of hydrogen-bond acceptors (Lipinski definition) is 11. The van der Waals surface area contributed by atoms with Gasteiger partial charge in [0.05, 0.1) is 30.5 Å². The topological polar surface area (TPSA) is 165 Å². The van der Waals surface area contributed by atoms with Crippen LogP contribution >= 0.6 is 0 Å². The normalized spacial score (nSPS) is 13.7. The minimum absolute atomic E-state index is 0.0577. The highest BCUT2D eigenvalue weighted by Crippen LogP contribution is 2.39. The number of fused-ring (bicyclic) bond motifs is 1. The van der Waals surface area contributed by atoms with Crippen molar-refractivity contribution in [2.75, 3.05) is 49.1 Å². The zero-order valence-corrected chi connectivity index (χ0v) is 27.8. The molecule has 1 fully saturated rings. The van der Waals surface area contributed by atoms with Gasteiger partial charge < -0.3 is 24.0 Å². The van der Waals surface area contributed by atoms with Crippen LogP contribution in [-0.2, 0) is 19.8 Å². The summed E-state index contributed by atoms with van der Waals surface area (Å²) in [5.74, 6) is -1.51. The molecule has 0 saturated carbocycles. The van der Waals surface area contributed by atoms with Crippen LogP contribution in [0, 0.1) is 5.82 Å².